The van der Waals surface area contributed by atoms with Crippen molar-refractivity contribution in [3.63, 3.8) is 0 Å². The number of aromatic nitrogens is 1. The molecule has 0 amide bonds. The monoisotopic (exact) mass is 527 g/mol. The molecule has 0 radical (unpaired) electrons. The summed E-state index contributed by atoms with van der Waals surface area (Å²) in [5.41, 5.74) is 1.69. The second kappa shape index (κ2) is 8.76. The first-order chi connectivity index (χ1) is 15.6. The third-order valence-electron chi connectivity index (χ3n) is 5.15. The normalized spacial score (nSPS) is 13.5. The van der Waals surface area contributed by atoms with Crippen LogP contribution in [0.5, 0.6) is 5.75 Å². The SMILES string of the molecule is Cc1ccc([P@@](=Nc2cc([N+](=O)[O-])ccc2Br)(Oc2cccc3cccnc23)C(C)(C)C)o1. The van der Waals surface area contributed by atoms with Gasteiger partial charge >= 0.3 is 0 Å². The number of furan rings is 1. The molecule has 2 aromatic heterocycles. The third-order valence-corrected chi connectivity index (χ3v) is 9.43. The predicted molar refractivity (Wildman–Crippen MR) is 135 cm³/mol. The summed E-state index contributed by atoms with van der Waals surface area (Å²) >= 11 is 3.50. The number of nitrogens with zero attached hydrogens (tertiary/aromatic N) is 3. The summed E-state index contributed by atoms with van der Waals surface area (Å²) in [7, 11) is -2.97. The van der Waals surface area contributed by atoms with Crippen LogP contribution < -0.4 is 10.0 Å². The number of pyridine rings is 1. The molecule has 0 saturated heterocycles. The maximum Gasteiger partial charge on any atom is 0.271 e. The van der Waals surface area contributed by atoms with Crippen LogP contribution in [-0.2, 0) is 0 Å². The van der Waals surface area contributed by atoms with Crippen molar-refractivity contribution in [3.8, 4) is 5.75 Å². The van der Waals surface area contributed by atoms with E-state index in [4.69, 9.17) is 13.7 Å². The fraction of sp³-hybridized carbons (Fsp3) is 0.208. The van der Waals surface area contributed by atoms with Gasteiger partial charge in [0.05, 0.1) is 10.6 Å². The minimum absolute atomic E-state index is 0.0496. The van der Waals surface area contributed by atoms with E-state index in [9.17, 15) is 10.1 Å². The van der Waals surface area contributed by atoms with Crippen molar-refractivity contribution < 1.29 is 13.9 Å². The van der Waals surface area contributed by atoms with Crippen molar-refractivity contribution in [2.45, 2.75) is 32.9 Å². The molecule has 0 saturated carbocycles. The Labute approximate surface area is 200 Å². The lowest BCUT2D eigenvalue weighted by atomic mass is 10.2. The van der Waals surface area contributed by atoms with Gasteiger partial charge in [-0.2, -0.15) is 0 Å². The number of aryl methyl sites for hydroxylation is 1. The molecule has 0 spiro atoms. The molecule has 0 aliphatic heterocycles. The second-order valence-electron chi connectivity index (χ2n) is 8.55. The highest BCUT2D eigenvalue weighted by molar-refractivity contribution is 9.10. The van der Waals surface area contributed by atoms with Crippen molar-refractivity contribution >= 4 is 51.0 Å². The van der Waals surface area contributed by atoms with Gasteiger partial charge in [-0.3, -0.25) is 15.1 Å². The van der Waals surface area contributed by atoms with Crippen molar-refractivity contribution in [2.24, 2.45) is 4.74 Å². The van der Waals surface area contributed by atoms with E-state index in [1.54, 1.807) is 12.3 Å². The first-order valence-electron chi connectivity index (χ1n) is 10.3. The van der Waals surface area contributed by atoms with E-state index in [1.807, 2.05) is 70.2 Å². The molecule has 0 fully saturated rings. The quantitative estimate of drug-likeness (QED) is 0.150. The number of rotatable bonds is 5. The molecule has 0 N–H and O–H groups in total. The summed E-state index contributed by atoms with van der Waals surface area (Å²) in [6, 6.07) is 17.9. The number of nitro benzene ring substituents is 1. The standard InChI is InChI=1S/C24H23BrN3O4P/c1-16-10-13-22(31-16)33(24(2,3)4,27-20-15-18(28(29)30)11-12-19(20)25)32-21-9-5-7-17-8-6-14-26-23(17)21/h5-15H,1-4H3/t33-/m1/s1. The van der Waals surface area contributed by atoms with Crippen LogP contribution in [0.1, 0.15) is 26.5 Å². The van der Waals surface area contributed by atoms with E-state index in [1.165, 1.54) is 12.1 Å². The van der Waals surface area contributed by atoms with Gasteiger partial charge in [0.1, 0.15) is 11.3 Å². The molecule has 9 heteroatoms. The van der Waals surface area contributed by atoms with Gasteiger partial charge in [0.2, 0.25) is 7.28 Å². The van der Waals surface area contributed by atoms with Gasteiger partial charge in [-0.15, -0.1) is 0 Å². The fourth-order valence-corrected chi connectivity index (χ4v) is 6.83. The molecular weight excluding hydrogens is 505 g/mol. The van der Waals surface area contributed by atoms with Gasteiger partial charge in [-0.05, 0) is 53.2 Å². The largest absolute Gasteiger partial charge is 0.457 e. The first kappa shape index (κ1) is 23.2. The maximum atomic E-state index is 11.4. The van der Waals surface area contributed by atoms with Gasteiger partial charge in [0.15, 0.2) is 11.3 Å². The zero-order valence-electron chi connectivity index (χ0n) is 18.7. The summed E-state index contributed by atoms with van der Waals surface area (Å²) in [5, 5.41) is 11.9. The maximum absolute atomic E-state index is 11.4. The predicted octanol–water partition coefficient (Wildman–Crippen LogP) is 7.76. The molecule has 7 nitrogen and oxygen atoms in total. The van der Waals surface area contributed by atoms with Crippen LogP contribution in [-0.4, -0.2) is 15.1 Å². The highest BCUT2D eigenvalue weighted by Gasteiger charge is 2.42. The Kier molecular flexibility index (Phi) is 6.16. The fourth-order valence-electron chi connectivity index (χ4n) is 3.45. The van der Waals surface area contributed by atoms with Crippen LogP contribution in [0.2, 0.25) is 0 Å². The molecule has 2 heterocycles. The van der Waals surface area contributed by atoms with Gasteiger partial charge in [0, 0.05) is 33.3 Å². The number of hydrogen-bond acceptors (Lipinski definition) is 6. The lowest BCUT2D eigenvalue weighted by molar-refractivity contribution is -0.384. The van der Waals surface area contributed by atoms with Crippen LogP contribution in [0, 0.1) is 17.0 Å². The smallest absolute Gasteiger partial charge is 0.271 e. The Hall–Kier alpha value is -2.96. The summed E-state index contributed by atoms with van der Waals surface area (Å²) in [4.78, 5) is 15.5. The summed E-state index contributed by atoms with van der Waals surface area (Å²) in [6.07, 6.45) is 1.72. The average Bonchev–Trinajstić information content (AvgIpc) is 3.20. The molecule has 4 rings (SSSR count). The van der Waals surface area contributed by atoms with E-state index in [-0.39, 0.29) is 5.69 Å². The van der Waals surface area contributed by atoms with Gasteiger partial charge in [0.25, 0.3) is 5.69 Å². The molecule has 0 aliphatic carbocycles. The molecule has 0 unspecified atom stereocenters. The van der Waals surface area contributed by atoms with Crippen LogP contribution >= 0.6 is 23.2 Å². The second-order valence-corrected chi connectivity index (χ2v) is 12.7. The van der Waals surface area contributed by atoms with Crippen LogP contribution in [0.25, 0.3) is 10.9 Å². The van der Waals surface area contributed by atoms with Crippen LogP contribution in [0.4, 0.5) is 11.4 Å². The Morgan fingerprint density at radius 2 is 1.88 bits per heavy atom. The molecule has 170 valence electrons. The number of non-ortho nitro benzene ring substituents is 1. The molecule has 2 aromatic carbocycles. The summed E-state index contributed by atoms with van der Waals surface area (Å²) < 4.78 is 18.7. The van der Waals surface area contributed by atoms with Crippen molar-refractivity contribution in [1.82, 2.24) is 4.98 Å². The van der Waals surface area contributed by atoms with Crippen molar-refractivity contribution in [1.29, 1.82) is 0 Å². The Morgan fingerprint density at radius 3 is 2.55 bits per heavy atom. The highest BCUT2D eigenvalue weighted by Crippen LogP contribution is 2.63. The van der Waals surface area contributed by atoms with Crippen LogP contribution in [0.3, 0.4) is 0 Å². The lowest BCUT2D eigenvalue weighted by Gasteiger charge is -2.35. The average molecular weight is 528 g/mol. The minimum atomic E-state index is -2.97. The molecule has 0 bridgehead atoms. The number of fused-ring (bicyclic) bond motifs is 1. The molecule has 0 aliphatic rings. The first-order valence-corrected chi connectivity index (χ1v) is 12.7. The number of hydrogen-bond donors (Lipinski definition) is 0. The highest BCUT2D eigenvalue weighted by atomic mass is 79.9. The number of benzene rings is 2. The molecule has 4 aromatic rings. The topological polar surface area (TPSA) is 90.8 Å². The van der Waals surface area contributed by atoms with E-state index in [0.29, 0.717) is 26.9 Å². The zero-order chi connectivity index (χ0) is 23.8. The van der Waals surface area contributed by atoms with E-state index in [2.05, 4.69) is 20.9 Å². The van der Waals surface area contributed by atoms with Gasteiger partial charge in [-0.1, -0.05) is 39.0 Å². The Bertz CT molecular complexity index is 1400. The van der Waals surface area contributed by atoms with E-state index >= 15 is 0 Å². The zero-order valence-corrected chi connectivity index (χ0v) is 21.1. The molecule has 33 heavy (non-hydrogen) atoms. The van der Waals surface area contributed by atoms with Gasteiger partial charge < -0.3 is 8.94 Å². The van der Waals surface area contributed by atoms with Gasteiger partial charge in [-0.25, -0.2) is 4.74 Å². The van der Waals surface area contributed by atoms with Crippen LogP contribution in [0.15, 0.2) is 80.5 Å². The number of nitro groups is 1. The summed E-state index contributed by atoms with van der Waals surface area (Å²) in [6.45, 7) is 7.97. The van der Waals surface area contributed by atoms with E-state index < -0.39 is 17.4 Å². The lowest BCUT2D eigenvalue weighted by Crippen LogP contribution is -2.26. The molecule has 1 atom stereocenters. The summed E-state index contributed by atoms with van der Waals surface area (Å²) in [5.74, 6) is 1.31. The van der Waals surface area contributed by atoms with Crippen molar-refractivity contribution in [2.75, 3.05) is 0 Å². The Balaban J connectivity index is 2.05. The van der Waals surface area contributed by atoms with E-state index in [0.717, 1.165) is 11.1 Å². The Morgan fingerprint density at radius 1 is 1.12 bits per heavy atom. The number of para-hydroxylation sites is 1. The van der Waals surface area contributed by atoms with Crippen molar-refractivity contribution in [3.05, 3.63) is 87.2 Å². The number of halogens is 1. The molecular formula is C24H23BrN3O4P. The minimum Gasteiger partial charge on any atom is -0.457 e. The third kappa shape index (κ3) is 4.45.